The average molecular weight is 607 g/mol. The Hall–Kier alpha value is -4.19. The van der Waals surface area contributed by atoms with Gasteiger partial charge in [-0.1, -0.05) is 62.4 Å². The minimum Gasteiger partial charge on any atom is -0.383 e. The molecule has 1 aliphatic carbocycles. The van der Waals surface area contributed by atoms with Crippen molar-refractivity contribution in [1.29, 1.82) is 0 Å². The number of imidazole rings is 2. The molecule has 0 bridgehead atoms. The zero-order chi connectivity index (χ0) is 31.7. The molecule has 1 aromatic carbocycles. The lowest BCUT2D eigenvalue weighted by molar-refractivity contribution is -0.148. The third kappa shape index (κ3) is 9.15. The molecule has 4 rings (SSSR count). The van der Waals surface area contributed by atoms with E-state index in [0.717, 1.165) is 37.7 Å². The molecule has 12 heteroatoms. The maximum Gasteiger partial charge on any atom is 0.315 e. The van der Waals surface area contributed by atoms with Crippen LogP contribution in [0.15, 0.2) is 55.2 Å². The van der Waals surface area contributed by atoms with Gasteiger partial charge in [-0.3, -0.25) is 9.59 Å². The molecule has 4 atom stereocenters. The first-order chi connectivity index (χ1) is 21.0. The van der Waals surface area contributed by atoms with Gasteiger partial charge in [0, 0.05) is 37.0 Å². The second-order valence-corrected chi connectivity index (χ2v) is 12.7. The van der Waals surface area contributed by atoms with Crippen LogP contribution in [-0.4, -0.2) is 71.5 Å². The summed E-state index contributed by atoms with van der Waals surface area (Å²) in [5.41, 5.74) is 6.84. The summed E-state index contributed by atoms with van der Waals surface area (Å²) in [6.45, 7) is 5.54. The minimum atomic E-state index is -1.24. The van der Waals surface area contributed by atoms with E-state index in [1.54, 1.807) is 12.4 Å². The van der Waals surface area contributed by atoms with Gasteiger partial charge in [-0.05, 0) is 38.7 Å². The van der Waals surface area contributed by atoms with Gasteiger partial charge in [-0.2, -0.15) is 0 Å². The smallest absolute Gasteiger partial charge is 0.315 e. The molecule has 0 saturated heterocycles. The number of hydrogen-bond acceptors (Lipinski definition) is 6. The van der Waals surface area contributed by atoms with Gasteiger partial charge in [0.15, 0.2) is 0 Å². The third-order valence-electron chi connectivity index (χ3n) is 8.07. The average Bonchev–Trinajstić information content (AvgIpc) is 3.70. The topological polar surface area (TPSA) is 182 Å². The molecule has 2 aromatic heterocycles. The molecule has 0 unspecified atom stereocenters. The lowest BCUT2D eigenvalue weighted by Crippen LogP contribution is -2.62. The molecule has 3 aromatic rings. The monoisotopic (exact) mass is 606 g/mol. The molecule has 0 spiro atoms. The molecule has 0 aliphatic heterocycles. The molecular formula is C32H46N8O4. The summed E-state index contributed by atoms with van der Waals surface area (Å²) in [6.07, 6.45) is 10.8. The second kappa shape index (κ2) is 15.0. The highest BCUT2D eigenvalue weighted by atomic mass is 16.3. The van der Waals surface area contributed by atoms with Gasteiger partial charge in [-0.15, -0.1) is 0 Å². The molecule has 12 nitrogen and oxygen atoms in total. The predicted molar refractivity (Wildman–Crippen MR) is 166 cm³/mol. The van der Waals surface area contributed by atoms with Crippen LogP contribution in [0.2, 0.25) is 0 Å². The zero-order valence-electron chi connectivity index (χ0n) is 25.8. The van der Waals surface area contributed by atoms with Crippen LogP contribution >= 0.6 is 0 Å². The number of nitrogens with one attached hydrogen (secondary N) is 4. The Morgan fingerprint density at radius 3 is 2.41 bits per heavy atom. The standard InChI is InChI=1S/C32H46N8O4/c1-32(2,3)39-31(44)38-24(16-21-10-6-4-7-11-21)30(43)40(26(28(33)42)18-23-19-34-20-37-23)25(17-22-12-8-5-9-13-22)27(41)29-35-14-15-36-29/h4,6-7,10-11,14-15,19-20,22,24-27,41H,5,8-9,12-13,16-18H2,1-3H3,(H2,33,42)(H,34,37)(H,35,36)(H2,38,39,44)/t24-,25-,26-,27+/m0/s1. The van der Waals surface area contributed by atoms with Crippen molar-refractivity contribution in [2.24, 2.45) is 11.7 Å². The Labute approximate surface area is 258 Å². The van der Waals surface area contributed by atoms with E-state index in [0.29, 0.717) is 12.1 Å². The van der Waals surface area contributed by atoms with Crippen molar-refractivity contribution in [3.63, 3.8) is 0 Å². The number of carbonyl (C=O) groups excluding carboxylic acids is 3. The van der Waals surface area contributed by atoms with Gasteiger partial charge in [0.2, 0.25) is 11.8 Å². The van der Waals surface area contributed by atoms with Crippen LogP contribution in [0.5, 0.6) is 0 Å². The van der Waals surface area contributed by atoms with Crippen molar-refractivity contribution in [1.82, 2.24) is 35.5 Å². The fraction of sp³-hybridized carbons (Fsp3) is 0.531. The van der Waals surface area contributed by atoms with Crippen molar-refractivity contribution in [2.45, 2.75) is 102 Å². The third-order valence-corrected chi connectivity index (χ3v) is 8.07. The van der Waals surface area contributed by atoms with Crippen LogP contribution in [0.1, 0.15) is 82.5 Å². The quantitative estimate of drug-likeness (QED) is 0.174. The summed E-state index contributed by atoms with van der Waals surface area (Å²) >= 11 is 0. The first kappa shape index (κ1) is 32.7. The number of primary amides is 1. The molecule has 1 saturated carbocycles. The Morgan fingerprint density at radius 2 is 1.82 bits per heavy atom. The fourth-order valence-electron chi connectivity index (χ4n) is 6.03. The summed E-state index contributed by atoms with van der Waals surface area (Å²) in [6, 6.07) is 5.73. The van der Waals surface area contributed by atoms with E-state index < -0.39 is 47.6 Å². The van der Waals surface area contributed by atoms with E-state index in [9.17, 15) is 19.5 Å². The van der Waals surface area contributed by atoms with Crippen LogP contribution in [0.3, 0.4) is 0 Å². The largest absolute Gasteiger partial charge is 0.383 e. The number of rotatable bonds is 13. The molecule has 2 heterocycles. The summed E-state index contributed by atoms with van der Waals surface area (Å²) in [7, 11) is 0. The molecule has 44 heavy (non-hydrogen) atoms. The fourth-order valence-corrected chi connectivity index (χ4v) is 6.03. The summed E-state index contributed by atoms with van der Waals surface area (Å²) in [4.78, 5) is 57.2. The highest BCUT2D eigenvalue weighted by Gasteiger charge is 2.43. The van der Waals surface area contributed by atoms with Crippen LogP contribution in [-0.2, 0) is 22.4 Å². The number of urea groups is 1. The van der Waals surface area contributed by atoms with E-state index in [-0.39, 0.29) is 24.6 Å². The van der Waals surface area contributed by atoms with E-state index in [4.69, 9.17) is 5.73 Å². The summed E-state index contributed by atoms with van der Waals surface area (Å²) in [5.74, 6) is -0.759. The lowest BCUT2D eigenvalue weighted by atomic mass is 9.82. The molecule has 7 N–H and O–H groups in total. The maximum absolute atomic E-state index is 14.9. The second-order valence-electron chi connectivity index (χ2n) is 12.7. The molecule has 238 valence electrons. The van der Waals surface area contributed by atoms with E-state index in [1.165, 1.54) is 17.4 Å². The van der Waals surface area contributed by atoms with Crippen molar-refractivity contribution in [3.05, 3.63) is 72.3 Å². The van der Waals surface area contributed by atoms with E-state index in [2.05, 4.69) is 30.6 Å². The Bertz CT molecular complexity index is 1320. The number of aromatic amines is 2. The predicted octanol–water partition coefficient (Wildman–Crippen LogP) is 3.14. The van der Waals surface area contributed by atoms with Gasteiger partial charge in [0.1, 0.15) is 24.0 Å². The number of aliphatic hydroxyl groups is 1. The van der Waals surface area contributed by atoms with Crippen molar-refractivity contribution in [2.75, 3.05) is 0 Å². The number of aliphatic hydroxyl groups excluding tert-OH is 1. The summed E-state index contributed by atoms with van der Waals surface area (Å²) < 4.78 is 0. The van der Waals surface area contributed by atoms with Crippen LogP contribution in [0.25, 0.3) is 0 Å². The number of nitrogens with zero attached hydrogens (tertiary/aromatic N) is 3. The maximum atomic E-state index is 14.9. The molecule has 1 aliphatic rings. The number of H-pyrrole nitrogens is 2. The number of amides is 4. The van der Waals surface area contributed by atoms with Gasteiger partial charge in [-0.25, -0.2) is 14.8 Å². The molecule has 0 radical (unpaired) electrons. The minimum absolute atomic E-state index is 0.0306. The SMILES string of the molecule is CC(C)(C)NC(=O)N[C@@H](Cc1ccccc1)C(=O)N([C@@H](Cc1c[nH]cn1)C(N)=O)[C@@H](CC1CCCCC1)[C@@H](O)c1ncc[nH]1. The molecular weight excluding hydrogens is 560 g/mol. The molecule has 1 fully saturated rings. The number of hydrogen-bond donors (Lipinski definition) is 6. The van der Waals surface area contributed by atoms with Crippen LogP contribution in [0, 0.1) is 5.92 Å². The van der Waals surface area contributed by atoms with Gasteiger partial charge in [0.05, 0.1) is 18.1 Å². The highest BCUT2D eigenvalue weighted by Crippen LogP contribution is 2.34. The van der Waals surface area contributed by atoms with Gasteiger partial charge >= 0.3 is 6.03 Å². The van der Waals surface area contributed by atoms with E-state index >= 15 is 0 Å². The number of benzene rings is 1. The Morgan fingerprint density at radius 1 is 1.09 bits per heavy atom. The Balaban J connectivity index is 1.80. The van der Waals surface area contributed by atoms with Gasteiger partial charge in [0.25, 0.3) is 0 Å². The van der Waals surface area contributed by atoms with Crippen LogP contribution < -0.4 is 16.4 Å². The van der Waals surface area contributed by atoms with Gasteiger partial charge < -0.3 is 36.3 Å². The lowest BCUT2D eigenvalue weighted by Gasteiger charge is -2.42. The first-order valence-corrected chi connectivity index (χ1v) is 15.4. The normalized spacial score (nSPS) is 16.8. The Kier molecular flexibility index (Phi) is 11.2. The van der Waals surface area contributed by atoms with Crippen LogP contribution in [0.4, 0.5) is 4.79 Å². The van der Waals surface area contributed by atoms with E-state index in [1.807, 2.05) is 51.1 Å². The first-order valence-electron chi connectivity index (χ1n) is 15.4. The van der Waals surface area contributed by atoms with Crippen molar-refractivity contribution < 1.29 is 19.5 Å². The zero-order valence-corrected chi connectivity index (χ0v) is 25.8. The summed E-state index contributed by atoms with van der Waals surface area (Å²) in [5, 5.41) is 17.6. The highest BCUT2D eigenvalue weighted by molar-refractivity contribution is 5.92. The number of aromatic nitrogens is 4. The number of carbonyl (C=O) groups is 3. The van der Waals surface area contributed by atoms with Crippen molar-refractivity contribution >= 4 is 17.8 Å². The van der Waals surface area contributed by atoms with Crippen molar-refractivity contribution in [3.8, 4) is 0 Å². The number of nitrogens with two attached hydrogens (primary N) is 1. The molecule has 4 amide bonds.